The first-order chi connectivity index (χ1) is 2.27. The zero-order chi connectivity index (χ0) is 4.28. The van der Waals surface area contributed by atoms with E-state index >= 15 is 0 Å². The van der Waals surface area contributed by atoms with Crippen LogP contribution in [0.25, 0.3) is 0 Å². The molecule has 0 amide bonds. The van der Waals surface area contributed by atoms with E-state index in [0.717, 1.165) is 0 Å². The molecule has 0 aromatic rings. The summed E-state index contributed by atoms with van der Waals surface area (Å²) in [7, 11) is 0. The zero-order valence-electron chi connectivity index (χ0n) is 3.89. The van der Waals surface area contributed by atoms with Crippen LogP contribution in [0.5, 0.6) is 0 Å². The molecule has 0 saturated heterocycles. The normalized spacial score (nSPS) is 5.29. The van der Waals surface area contributed by atoms with Crippen molar-refractivity contribution in [2.75, 3.05) is 6.61 Å². The Kier molecular flexibility index (Phi) is 22.1. The molecule has 0 saturated carbocycles. The molecule has 0 atom stereocenters. The Morgan fingerprint density at radius 2 is 1.71 bits per heavy atom. The number of aliphatic hydroxyl groups is 1. The Labute approximate surface area is 69.4 Å². The van der Waals surface area contributed by atoms with E-state index in [0.29, 0.717) is 0 Å². The van der Waals surface area contributed by atoms with Crippen LogP contribution in [-0.2, 0) is 4.79 Å². The van der Waals surface area contributed by atoms with Gasteiger partial charge >= 0.3 is 35.5 Å². The molecule has 0 aliphatic heterocycles. The summed E-state index contributed by atoms with van der Waals surface area (Å²) in [6.07, 6.45) is 0. The molecule has 0 bridgehead atoms. The number of rotatable bonds is 1. The van der Waals surface area contributed by atoms with Gasteiger partial charge in [0.15, 0.2) is 0 Å². The van der Waals surface area contributed by atoms with Crippen LogP contribution >= 0.6 is 0 Å². The van der Waals surface area contributed by atoms with Crippen LogP contribution in [0, 0.1) is 0 Å². The molecule has 0 aromatic heterocycles. The van der Waals surface area contributed by atoms with Crippen molar-refractivity contribution in [1.82, 2.24) is 0 Å². The third-order valence-electron chi connectivity index (χ3n) is 0.135. The Morgan fingerprint density at radius 1 is 1.57 bits per heavy atom. The fourth-order valence-electron chi connectivity index (χ4n) is 0. The molecule has 38 valence electrons. The van der Waals surface area contributed by atoms with E-state index in [9.17, 15) is 0 Å². The first-order valence-corrected chi connectivity index (χ1v) is 1.10. The molecule has 0 aromatic carbocycles. The number of carboxylic acids is 1. The number of hydrogen-bond acceptors (Lipinski definition) is 2. The molecule has 5 heteroatoms. The average Bonchev–Trinajstić information content (AvgIpc) is 1.38. The van der Waals surface area contributed by atoms with Gasteiger partial charge < -0.3 is 22.6 Å². The quantitative estimate of drug-likeness (QED) is 0.351. The number of hydrogen-bond donors (Lipinski definition) is 2. The van der Waals surface area contributed by atoms with E-state index in [-0.39, 0.29) is 42.0 Å². The Balaban J connectivity index is -0.0000000800. The van der Waals surface area contributed by atoms with Gasteiger partial charge in [0.05, 0.1) is 0 Å². The van der Waals surface area contributed by atoms with Crippen molar-refractivity contribution in [2.24, 2.45) is 0 Å². The zero-order valence-corrected chi connectivity index (χ0v) is 6.64. The van der Waals surface area contributed by atoms with E-state index in [4.69, 9.17) is 15.0 Å². The van der Waals surface area contributed by atoms with Gasteiger partial charge in [-0.05, 0) is 0 Å². The van der Waals surface area contributed by atoms with Crippen molar-refractivity contribution in [2.45, 2.75) is 0 Å². The Bertz CT molecular complexity index is 48.2. The van der Waals surface area contributed by atoms with Gasteiger partial charge in [-0.15, -0.1) is 0 Å². The van der Waals surface area contributed by atoms with E-state index in [2.05, 4.69) is 0 Å². The maximum Gasteiger partial charge on any atom is 1.00 e. The molecule has 0 unspecified atom stereocenters. The number of aliphatic hydroxyl groups excluding tert-OH is 1. The number of carbonyl (C=O) groups is 1. The van der Waals surface area contributed by atoms with Crippen molar-refractivity contribution in [1.29, 1.82) is 0 Å². The van der Waals surface area contributed by atoms with Crippen LogP contribution < -0.4 is 42.0 Å². The molecular weight excluding hydrogens is 130 g/mol. The van der Waals surface area contributed by atoms with Crippen LogP contribution in [0.2, 0.25) is 0 Å². The second kappa shape index (κ2) is 9.87. The molecule has 0 radical (unpaired) electrons. The van der Waals surface area contributed by atoms with E-state index in [1.807, 2.05) is 0 Å². The minimum absolute atomic E-state index is 0. The monoisotopic (exact) mass is 134 g/mol. The summed E-state index contributed by atoms with van der Waals surface area (Å²) in [4.78, 5) is 9.12. The summed E-state index contributed by atoms with van der Waals surface area (Å²) in [6.45, 7) is -0.778. The molecular formula is C2H4ClNaO3. The second-order valence-electron chi connectivity index (χ2n) is 0.552. The van der Waals surface area contributed by atoms with Crippen molar-refractivity contribution in [3.63, 3.8) is 0 Å². The van der Waals surface area contributed by atoms with Gasteiger partial charge in [-0.3, -0.25) is 0 Å². The van der Waals surface area contributed by atoms with Gasteiger partial charge in [-0.1, -0.05) is 0 Å². The molecule has 0 rings (SSSR count). The van der Waals surface area contributed by atoms with E-state index in [1.165, 1.54) is 0 Å². The van der Waals surface area contributed by atoms with E-state index < -0.39 is 12.6 Å². The van der Waals surface area contributed by atoms with Gasteiger partial charge in [0.2, 0.25) is 0 Å². The van der Waals surface area contributed by atoms with Gasteiger partial charge in [0.1, 0.15) is 6.61 Å². The fraction of sp³-hybridized carbons (Fsp3) is 0.500. The first-order valence-electron chi connectivity index (χ1n) is 1.10. The third-order valence-corrected chi connectivity index (χ3v) is 0.135. The topological polar surface area (TPSA) is 57.5 Å². The molecule has 2 N–H and O–H groups in total. The maximum atomic E-state index is 9.12. The Hall–Kier alpha value is 0.720. The second-order valence-corrected chi connectivity index (χ2v) is 0.552. The summed E-state index contributed by atoms with van der Waals surface area (Å²) in [6, 6.07) is 0. The molecule has 0 fully saturated rings. The van der Waals surface area contributed by atoms with Gasteiger partial charge in [0.25, 0.3) is 0 Å². The predicted octanol–water partition coefficient (Wildman–Crippen LogP) is -6.93. The van der Waals surface area contributed by atoms with Crippen LogP contribution in [0.15, 0.2) is 0 Å². The summed E-state index contributed by atoms with van der Waals surface area (Å²) < 4.78 is 0. The van der Waals surface area contributed by atoms with Crippen molar-refractivity contribution >= 4 is 5.97 Å². The average molecular weight is 134 g/mol. The summed E-state index contributed by atoms with van der Waals surface area (Å²) in [5.41, 5.74) is 0. The molecule has 0 aliphatic carbocycles. The standard InChI is InChI=1S/C2H4O3.ClH.Na/c3-1-2(4)5;;/h3H,1H2,(H,4,5);1H;/q;;+1/p-1. The summed E-state index contributed by atoms with van der Waals surface area (Å²) in [5, 5.41) is 15.0. The number of aliphatic carboxylic acids is 1. The number of halogens is 1. The molecule has 0 heterocycles. The summed E-state index contributed by atoms with van der Waals surface area (Å²) >= 11 is 0. The van der Waals surface area contributed by atoms with Crippen LogP contribution in [0.4, 0.5) is 0 Å². The number of carboxylic acid groups (broad SMARTS) is 1. The third kappa shape index (κ3) is 20.2. The summed E-state index contributed by atoms with van der Waals surface area (Å²) in [5.74, 6) is -1.19. The van der Waals surface area contributed by atoms with E-state index in [1.54, 1.807) is 0 Å². The van der Waals surface area contributed by atoms with Crippen LogP contribution in [-0.4, -0.2) is 22.8 Å². The van der Waals surface area contributed by atoms with Crippen molar-refractivity contribution in [3.05, 3.63) is 0 Å². The smallest absolute Gasteiger partial charge is 1.00 e. The SMILES string of the molecule is O=C(O)CO.[Cl-].[Na+]. The Morgan fingerprint density at radius 3 is 1.71 bits per heavy atom. The van der Waals surface area contributed by atoms with Gasteiger partial charge in [0, 0.05) is 0 Å². The predicted molar refractivity (Wildman–Crippen MR) is 14.7 cm³/mol. The van der Waals surface area contributed by atoms with Gasteiger partial charge in [-0.25, -0.2) is 4.79 Å². The molecule has 0 spiro atoms. The largest absolute Gasteiger partial charge is 1.00 e. The maximum absolute atomic E-state index is 9.12. The van der Waals surface area contributed by atoms with Crippen LogP contribution in [0.3, 0.4) is 0 Å². The minimum atomic E-state index is -1.19. The van der Waals surface area contributed by atoms with Gasteiger partial charge in [-0.2, -0.15) is 0 Å². The molecule has 3 nitrogen and oxygen atoms in total. The molecule has 0 aliphatic rings. The minimum Gasteiger partial charge on any atom is -1.00 e. The fourth-order valence-corrected chi connectivity index (χ4v) is 0. The van der Waals surface area contributed by atoms with Crippen LogP contribution in [0.1, 0.15) is 0 Å². The first kappa shape index (κ1) is 15.6. The molecule has 7 heavy (non-hydrogen) atoms. The van der Waals surface area contributed by atoms with Crippen molar-refractivity contribution < 1.29 is 57.0 Å². The van der Waals surface area contributed by atoms with Crippen molar-refractivity contribution in [3.8, 4) is 0 Å².